The Hall–Kier alpha value is -2.74. The second-order valence-electron chi connectivity index (χ2n) is 13.1. The normalized spacial score (nSPS) is 15.2. The highest BCUT2D eigenvalue weighted by Crippen LogP contribution is 2.47. The molecular weight excluding hydrogens is 546 g/mol. The van der Waals surface area contributed by atoms with Crippen LogP contribution in [0.25, 0.3) is 0 Å². The highest BCUT2D eigenvalue weighted by molar-refractivity contribution is 7.65. The van der Waals surface area contributed by atoms with Crippen molar-refractivity contribution < 1.29 is 18.9 Å². The van der Waals surface area contributed by atoms with E-state index < -0.39 is 14.7 Å². The second-order valence-corrected chi connectivity index (χ2v) is 17.5. The molecule has 0 aliphatic heterocycles. The van der Waals surface area contributed by atoms with Crippen molar-refractivity contribution >= 4 is 25.3 Å². The summed E-state index contributed by atoms with van der Waals surface area (Å²) >= 11 is 0. The quantitative estimate of drug-likeness (QED) is 0.204. The van der Waals surface area contributed by atoms with Gasteiger partial charge >= 0.3 is 0 Å². The van der Waals surface area contributed by atoms with Crippen LogP contribution in [0, 0.1) is 0 Å². The molecule has 2 unspecified atom stereocenters. The van der Waals surface area contributed by atoms with Crippen molar-refractivity contribution in [1.82, 2.24) is 0 Å². The van der Waals surface area contributed by atoms with Crippen LogP contribution in [0.4, 0.5) is 0 Å². The van der Waals surface area contributed by atoms with Gasteiger partial charge in [0, 0.05) is 10.6 Å². The van der Waals surface area contributed by atoms with Gasteiger partial charge in [0.05, 0.1) is 12.3 Å². The molecule has 0 aliphatic carbocycles. The molecule has 0 heterocycles. The lowest BCUT2D eigenvalue weighted by Gasteiger charge is -2.25. The third-order valence-corrected chi connectivity index (χ3v) is 11.4. The molecule has 6 heteroatoms. The third-order valence-electron chi connectivity index (χ3n) is 7.52. The number of hydrogen-bond acceptors (Lipinski definition) is 2. The van der Waals surface area contributed by atoms with Gasteiger partial charge in [-0.3, -0.25) is 9.13 Å². The Morgan fingerprint density at radius 3 is 1.20 bits per heavy atom. The largest absolute Gasteiger partial charge is 0.341 e. The summed E-state index contributed by atoms with van der Waals surface area (Å²) in [6.45, 7) is 12.5. The molecule has 4 aromatic carbocycles. The van der Waals surface area contributed by atoms with Crippen LogP contribution < -0.4 is 10.6 Å². The Kier molecular flexibility index (Phi) is 9.03. The van der Waals surface area contributed by atoms with E-state index in [9.17, 15) is 18.9 Å². The van der Waals surface area contributed by atoms with Gasteiger partial charge in [-0.2, -0.15) is 0 Å². The van der Waals surface area contributed by atoms with Gasteiger partial charge in [0.15, 0.2) is 0 Å². The monoisotopic (exact) mass is 588 g/mol. The Morgan fingerprint density at radius 1 is 0.537 bits per heavy atom. The standard InChI is InChI=1S/C35H42O4P2/c1-34(2,3)30-19-17-28(32(22-30)40(36,37)24-26-13-9-7-10-14-26)21-29-18-20-31(35(4,5)6)23-33(29)41(38,39)25-27-15-11-8-12-16-27/h7-20,22-23H,21,24-25H2,1-6H3,(H,36,37)(H,38,39). The van der Waals surface area contributed by atoms with Gasteiger partial charge in [-0.05, 0) is 62.8 Å². The second kappa shape index (κ2) is 11.9. The van der Waals surface area contributed by atoms with Crippen LogP contribution in [0.3, 0.4) is 0 Å². The molecule has 4 nitrogen and oxygen atoms in total. The van der Waals surface area contributed by atoms with Crippen LogP contribution in [-0.4, -0.2) is 9.79 Å². The van der Waals surface area contributed by atoms with E-state index in [1.807, 2.05) is 97.1 Å². The molecule has 4 rings (SSSR count). The third kappa shape index (κ3) is 7.76. The van der Waals surface area contributed by atoms with E-state index in [0.717, 1.165) is 22.3 Å². The van der Waals surface area contributed by atoms with Crippen LogP contribution in [0.1, 0.15) is 74.9 Å². The van der Waals surface area contributed by atoms with Gasteiger partial charge in [0.2, 0.25) is 14.7 Å². The molecule has 0 bridgehead atoms. The lowest BCUT2D eigenvalue weighted by molar-refractivity contribution is 0.487. The minimum Gasteiger partial charge on any atom is -0.341 e. The molecule has 0 saturated heterocycles. The van der Waals surface area contributed by atoms with Crippen molar-refractivity contribution in [2.75, 3.05) is 0 Å². The molecule has 2 atom stereocenters. The van der Waals surface area contributed by atoms with E-state index in [1.54, 1.807) is 0 Å². The van der Waals surface area contributed by atoms with Crippen LogP contribution >= 0.6 is 14.7 Å². The molecule has 0 fully saturated rings. The summed E-state index contributed by atoms with van der Waals surface area (Å²) in [5.74, 6) is 0. The maximum Gasteiger partial charge on any atom is 0.234 e. The lowest BCUT2D eigenvalue weighted by Crippen LogP contribution is -2.22. The molecule has 0 aromatic heterocycles. The minimum atomic E-state index is -3.82. The summed E-state index contributed by atoms with van der Waals surface area (Å²) < 4.78 is 28.1. The summed E-state index contributed by atoms with van der Waals surface area (Å²) in [6.07, 6.45) is 0.325. The molecule has 2 N–H and O–H groups in total. The summed E-state index contributed by atoms with van der Waals surface area (Å²) in [4.78, 5) is 23.0. The highest BCUT2D eigenvalue weighted by Gasteiger charge is 2.31. The van der Waals surface area contributed by atoms with Gasteiger partial charge in [-0.1, -0.05) is 126 Å². The zero-order valence-corrected chi connectivity index (χ0v) is 26.8. The average molecular weight is 589 g/mol. The van der Waals surface area contributed by atoms with E-state index in [4.69, 9.17) is 0 Å². The van der Waals surface area contributed by atoms with Crippen LogP contribution in [0.15, 0.2) is 97.1 Å². The van der Waals surface area contributed by atoms with Gasteiger partial charge in [-0.25, -0.2) is 0 Å². The molecule has 0 radical (unpaired) electrons. The fourth-order valence-corrected chi connectivity index (χ4v) is 8.69. The summed E-state index contributed by atoms with van der Waals surface area (Å²) in [6, 6.07) is 30.3. The van der Waals surface area contributed by atoms with Crippen molar-refractivity contribution in [3.63, 3.8) is 0 Å². The first-order valence-electron chi connectivity index (χ1n) is 14.1. The van der Waals surface area contributed by atoms with E-state index in [-0.39, 0.29) is 29.6 Å². The Morgan fingerprint density at radius 2 is 0.878 bits per heavy atom. The minimum absolute atomic E-state index is 0.0246. The van der Waals surface area contributed by atoms with Gasteiger partial charge in [0.25, 0.3) is 0 Å². The average Bonchev–Trinajstić information content (AvgIpc) is 2.88. The van der Waals surface area contributed by atoms with Crippen molar-refractivity contribution in [2.45, 2.75) is 71.1 Å². The van der Waals surface area contributed by atoms with Crippen LogP contribution in [-0.2, 0) is 38.7 Å². The Balaban J connectivity index is 1.84. The first-order valence-corrected chi connectivity index (χ1v) is 17.7. The van der Waals surface area contributed by atoms with Gasteiger partial charge in [-0.15, -0.1) is 0 Å². The summed E-state index contributed by atoms with van der Waals surface area (Å²) in [7, 11) is -7.63. The maximum absolute atomic E-state index is 14.0. The molecule has 0 spiro atoms. The van der Waals surface area contributed by atoms with Crippen molar-refractivity contribution in [1.29, 1.82) is 0 Å². The molecular formula is C35H42O4P2. The van der Waals surface area contributed by atoms with E-state index in [0.29, 0.717) is 21.7 Å². The Bertz CT molecular complexity index is 1480. The predicted molar refractivity (Wildman–Crippen MR) is 172 cm³/mol. The topological polar surface area (TPSA) is 74.6 Å². The van der Waals surface area contributed by atoms with E-state index >= 15 is 0 Å². The summed E-state index contributed by atoms with van der Waals surface area (Å²) in [5, 5.41) is 0.825. The number of hydrogen-bond donors (Lipinski definition) is 2. The summed E-state index contributed by atoms with van der Waals surface area (Å²) in [5.41, 5.74) is 4.50. The first kappa shape index (κ1) is 31.2. The predicted octanol–water partition coefficient (Wildman–Crippen LogP) is 8.06. The smallest absolute Gasteiger partial charge is 0.234 e. The fraction of sp³-hybridized carbons (Fsp3) is 0.314. The molecule has 4 aromatic rings. The van der Waals surface area contributed by atoms with E-state index in [2.05, 4.69) is 41.5 Å². The van der Waals surface area contributed by atoms with Crippen LogP contribution in [0.2, 0.25) is 0 Å². The molecule has 0 saturated carbocycles. The van der Waals surface area contributed by atoms with Crippen molar-refractivity contribution in [2.24, 2.45) is 0 Å². The SMILES string of the molecule is CC(C)(C)c1ccc(Cc2ccc(C(C)(C)C)cc2P(=O)(O)Cc2ccccc2)c(P(=O)(O)Cc2ccccc2)c1. The van der Waals surface area contributed by atoms with Crippen LogP contribution in [0.5, 0.6) is 0 Å². The number of rotatable bonds is 8. The van der Waals surface area contributed by atoms with Gasteiger partial charge < -0.3 is 9.79 Å². The molecule has 41 heavy (non-hydrogen) atoms. The fourth-order valence-electron chi connectivity index (χ4n) is 5.05. The van der Waals surface area contributed by atoms with Crippen molar-refractivity contribution in [3.8, 4) is 0 Å². The first-order chi connectivity index (χ1) is 19.1. The highest BCUT2D eigenvalue weighted by atomic mass is 31.2. The zero-order valence-electron chi connectivity index (χ0n) is 25.0. The van der Waals surface area contributed by atoms with Gasteiger partial charge in [0.1, 0.15) is 0 Å². The lowest BCUT2D eigenvalue weighted by atomic mass is 9.85. The zero-order chi connectivity index (χ0) is 30.1. The molecule has 0 aliphatic rings. The van der Waals surface area contributed by atoms with Crippen molar-refractivity contribution in [3.05, 3.63) is 130 Å². The molecule has 216 valence electrons. The van der Waals surface area contributed by atoms with E-state index in [1.165, 1.54) is 0 Å². The molecule has 0 amide bonds. The maximum atomic E-state index is 14.0. The Labute approximate surface area is 245 Å². The number of benzene rings is 4.